The molecular weight excluding hydrogens is 258 g/mol. The van der Waals surface area contributed by atoms with Crippen molar-refractivity contribution in [2.45, 2.75) is 32.7 Å². The van der Waals surface area contributed by atoms with Crippen LogP contribution in [0.1, 0.15) is 23.1 Å². The maximum absolute atomic E-state index is 5.85. The molecule has 2 nitrogen and oxygen atoms in total. The van der Waals surface area contributed by atoms with Gasteiger partial charge in [0.15, 0.2) is 0 Å². The van der Waals surface area contributed by atoms with Gasteiger partial charge in [0.25, 0.3) is 0 Å². The summed E-state index contributed by atoms with van der Waals surface area (Å²) in [5.41, 5.74) is 4.00. The molecule has 0 heterocycles. The lowest BCUT2D eigenvalue weighted by Gasteiger charge is -2.18. The van der Waals surface area contributed by atoms with Crippen LogP contribution in [0.25, 0.3) is 0 Å². The first-order valence-corrected chi connectivity index (χ1v) is 7.60. The highest BCUT2D eigenvalue weighted by Crippen LogP contribution is 2.14. The van der Waals surface area contributed by atoms with E-state index in [9.17, 15) is 0 Å². The molecule has 0 fully saturated rings. The topological polar surface area (TPSA) is 21.3 Å². The van der Waals surface area contributed by atoms with Crippen molar-refractivity contribution in [2.75, 3.05) is 13.7 Å². The van der Waals surface area contributed by atoms with Gasteiger partial charge in [0.2, 0.25) is 0 Å². The van der Waals surface area contributed by atoms with E-state index in [0.29, 0.717) is 6.04 Å². The van der Waals surface area contributed by atoms with Gasteiger partial charge in [0.1, 0.15) is 5.75 Å². The number of benzene rings is 2. The largest absolute Gasteiger partial charge is 0.494 e. The van der Waals surface area contributed by atoms with Crippen LogP contribution in [0.2, 0.25) is 0 Å². The van der Waals surface area contributed by atoms with Crippen LogP contribution in [-0.4, -0.2) is 19.7 Å². The average molecular weight is 283 g/mol. The van der Waals surface area contributed by atoms with Crippen molar-refractivity contribution in [1.29, 1.82) is 0 Å². The third kappa shape index (κ3) is 4.91. The van der Waals surface area contributed by atoms with Gasteiger partial charge in [-0.25, -0.2) is 0 Å². The molecule has 1 N–H and O–H groups in total. The van der Waals surface area contributed by atoms with Crippen molar-refractivity contribution in [1.82, 2.24) is 5.32 Å². The van der Waals surface area contributed by atoms with Crippen LogP contribution in [0.15, 0.2) is 48.5 Å². The van der Waals surface area contributed by atoms with Gasteiger partial charge in [0.05, 0.1) is 6.61 Å². The van der Waals surface area contributed by atoms with E-state index in [0.717, 1.165) is 25.2 Å². The molecule has 112 valence electrons. The van der Waals surface area contributed by atoms with Gasteiger partial charge in [-0.3, -0.25) is 0 Å². The fraction of sp³-hybridized carbons (Fsp3) is 0.368. The number of nitrogens with one attached hydrogen (secondary N) is 1. The fourth-order valence-electron chi connectivity index (χ4n) is 2.48. The molecule has 0 aliphatic heterocycles. The molecule has 2 heteroatoms. The Morgan fingerprint density at radius 3 is 2.57 bits per heavy atom. The van der Waals surface area contributed by atoms with Crippen LogP contribution in [0.4, 0.5) is 0 Å². The second-order valence-corrected chi connectivity index (χ2v) is 5.57. The van der Waals surface area contributed by atoms with Crippen molar-refractivity contribution in [3.8, 4) is 5.75 Å². The molecule has 0 saturated carbocycles. The molecule has 0 radical (unpaired) electrons. The highest BCUT2D eigenvalue weighted by atomic mass is 16.5. The van der Waals surface area contributed by atoms with Gasteiger partial charge in [-0.15, -0.1) is 0 Å². The van der Waals surface area contributed by atoms with Crippen LogP contribution in [0.3, 0.4) is 0 Å². The molecule has 2 aromatic rings. The summed E-state index contributed by atoms with van der Waals surface area (Å²) < 4.78 is 5.85. The lowest BCUT2D eigenvalue weighted by Crippen LogP contribution is -2.29. The zero-order valence-corrected chi connectivity index (χ0v) is 13.2. The van der Waals surface area contributed by atoms with E-state index in [-0.39, 0.29) is 0 Å². The van der Waals surface area contributed by atoms with E-state index >= 15 is 0 Å². The lowest BCUT2D eigenvalue weighted by atomic mass is 9.99. The number of hydrogen-bond donors (Lipinski definition) is 1. The molecule has 0 aromatic heterocycles. The summed E-state index contributed by atoms with van der Waals surface area (Å²) in [5, 5.41) is 3.40. The second-order valence-electron chi connectivity index (χ2n) is 5.57. The summed E-state index contributed by atoms with van der Waals surface area (Å²) in [6.07, 6.45) is 2.04. The first-order valence-electron chi connectivity index (χ1n) is 7.60. The molecule has 0 saturated heterocycles. The van der Waals surface area contributed by atoms with Crippen LogP contribution < -0.4 is 10.1 Å². The van der Waals surface area contributed by atoms with Crippen LogP contribution in [0, 0.1) is 13.8 Å². The molecule has 0 amide bonds. The van der Waals surface area contributed by atoms with Gasteiger partial charge in [0, 0.05) is 6.04 Å². The minimum atomic E-state index is 0.441. The van der Waals surface area contributed by atoms with Crippen molar-refractivity contribution in [3.05, 3.63) is 65.2 Å². The smallest absolute Gasteiger partial charge is 0.119 e. The Balaban J connectivity index is 1.84. The Hall–Kier alpha value is -1.80. The first-order chi connectivity index (χ1) is 10.2. The minimum absolute atomic E-state index is 0.441. The predicted molar refractivity (Wildman–Crippen MR) is 89.0 cm³/mol. The Kier molecular flexibility index (Phi) is 5.82. The minimum Gasteiger partial charge on any atom is -0.494 e. The quantitative estimate of drug-likeness (QED) is 0.832. The van der Waals surface area contributed by atoms with Crippen molar-refractivity contribution >= 4 is 0 Å². The lowest BCUT2D eigenvalue weighted by molar-refractivity contribution is 0.288. The Bertz CT molecular complexity index is 565. The molecule has 2 aromatic carbocycles. The van der Waals surface area contributed by atoms with Gasteiger partial charge >= 0.3 is 0 Å². The van der Waals surface area contributed by atoms with E-state index in [4.69, 9.17) is 4.74 Å². The molecule has 0 aliphatic carbocycles. The van der Waals surface area contributed by atoms with Crippen molar-refractivity contribution in [2.24, 2.45) is 0 Å². The molecule has 0 aliphatic rings. The SMILES string of the molecule is CNC(CCOc1cccc(C)c1)Cc1ccccc1C. The van der Waals surface area contributed by atoms with E-state index in [1.54, 1.807) is 0 Å². The van der Waals surface area contributed by atoms with E-state index in [1.807, 2.05) is 19.2 Å². The van der Waals surface area contributed by atoms with E-state index in [2.05, 4.69) is 55.6 Å². The van der Waals surface area contributed by atoms with Crippen molar-refractivity contribution < 1.29 is 4.74 Å². The summed E-state index contributed by atoms with van der Waals surface area (Å²) in [6, 6.07) is 17.2. The summed E-state index contributed by atoms with van der Waals surface area (Å²) in [7, 11) is 2.02. The van der Waals surface area contributed by atoms with Gasteiger partial charge in [-0.1, -0.05) is 36.4 Å². The number of aryl methyl sites for hydroxylation is 2. The molecule has 1 atom stereocenters. The number of likely N-dealkylation sites (N-methyl/N-ethyl adjacent to an activating group) is 1. The monoisotopic (exact) mass is 283 g/mol. The first kappa shape index (κ1) is 15.6. The molecular formula is C19H25NO. The van der Waals surface area contributed by atoms with Crippen LogP contribution >= 0.6 is 0 Å². The van der Waals surface area contributed by atoms with Crippen LogP contribution in [-0.2, 0) is 6.42 Å². The summed E-state index contributed by atoms with van der Waals surface area (Å²) in [4.78, 5) is 0. The maximum Gasteiger partial charge on any atom is 0.119 e. The maximum atomic E-state index is 5.85. The van der Waals surface area contributed by atoms with E-state index < -0.39 is 0 Å². The highest BCUT2D eigenvalue weighted by molar-refractivity contribution is 5.28. The molecule has 0 bridgehead atoms. The summed E-state index contributed by atoms with van der Waals surface area (Å²) in [6.45, 7) is 4.99. The molecule has 1 unspecified atom stereocenters. The Morgan fingerprint density at radius 1 is 1.05 bits per heavy atom. The third-order valence-electron chi connectivity index (χ3n) is 3.86. The number of hydrogen-bond acceptors (Lipinski definition) is 2. The number of ether oxygens (including phenoxy) is 1. The Morgan fingerprint density at radius 2 is 1.86 bits per heavy atom. The summed E-state index contributed by atoms with van der Waals surface area (Å²) >= 11 is 0. The summed E-state index contributed by atoms with van der Waals surface area (Å²) in [5.74, 6) is 0.959. The van der Waals surface area contributed by atoms with Gasteiger partial charge < -0.3 is 10.1 Å². The molecule has 2 rings (SSSR count). The zero-order chi connectivity index (χ0) is 15.1. The zero-order valence-electron chi connectivity index (χ0n) is 13.2. The van der Waals surface area contributed by atoms with Crippen molar-refractivity contribution in [3.63, 3.8) is 0 Å². The number of rotatable bonds is 7. The second kappa shape index (κ2) is 7.84. The molecule has 0 spiro atoms. The van der Waals surface area contributed by atoms with E-state index in [1.165, 1.54) is 16.7 Å². The average Bonchev–Trinajstić information content (AvgIpc) is 2.48. The van der Waals surface area contributed by atoms with Gasteiger partial charge in [-0.2, -0.15) is 0 Å². The predicted octanol–water partition coefficient (Wildman–Crippen LogP) is 3.90. The van der Waals surface area contributed by atoms with Crippen LogP contribution in [0.5, 0.6) is 5.75 Å². The van der Waals surface area contributed by atoms with Gasteiger partial charge in [-0.05, 0) is 62.6 Å². The standard InChI is InChI=1S/C19H25NO/c1-15-7-6-10-19(13-15)21-12-11-18(20-3)14-17-9-5-4-8-16(17)2/h4-10,13,18,20H,11-12,14H2,1-3H3. The highest BCUT2D eigenvalue weighted by Gasteiger charge is 2.09. The third-order valence-corrected chi connectivity index (χ3v) is 3.86. The Labute approximate surface area is 128 Å². The molecule has 21 heavy (non-hydrogen) atoms. The fourth-order valence-corrected chi connectivity index (χ4v) is 2.48. The normalized spacial score (nSPS) is 12.1.